The predicted octanol–water partition coefficient (Wildman–Crippen LogP) is 2.40. The van der Waals surface area contributed by atoms with Crippen LogP contribution in [0.5, 0.6) is 0 Å². The number of aryl methyl sites for hydroxylation is 1. The molecule has 1 N–H and O–H groups in total. The molecular weight excluding hydrogens is 316 g/mol. The number of hydrogen-bond acceptors (Lipinski definition) is 6. The molecule has 3 fully saturated rings. The van der Waals surface area contributed by atoms with Crippen LogP contribution in [0.25, 0.3) is 9.88 Å². The molecule has 2 aromatic rings. The Hall–Kier alpha value is -1.31. The van der Waals surface area contributed by atoms with Crippen LogP contribution in [-0.2, 0) is 0 Å². The van der Waals surface area contributed by atoms with Crippen LogP contribution in [0.4, 0.5) is 0 Å². The zero-order valence-corrected chi connectivity index (χ0v) is 14.0. The lowest BCUT2D eigenvalue weighted by molar-refractivity contribution is 0.0622. The summed E-state index contributed by atoms with van der Waals surface area (Å²) in [6.07, 6.45) is 2.43. The number of rotatable bonds is 3. The fourth-order valence-corrected chi connectivity index (χ4v) is 4.99. The topological polar surface area (TPSA) is 58.1 Å². The number of nitrogens with zero attached hydrogens (tertiary/aromatic N) is 3. The minimum absolute atomic E-state index is 0.0521. The molecule has 3 aliphatic rings. The molecule has 5 rings (SSSR count). The molecule has 116 valence electrons. The quantitative estimate of drug-likeness (QED) is 0.936. The highest BCUT2D eigenvalue weighted by molar-refractivity contribution is 7.22. The molecule has 0 saturated carbocycles. The van der Waals surface area contributed by atoms with Crippen LogP contribution in [0.3, 0.4) is 0 Å². The Morgan fingerprint density at radius 2 is 2.09 bits per heavy atom. The third-order valence-electron chi connectivity index (χ3n) is 4.54. The van der Waals surface area contributed by atoms with Crippen LogP contribution in [0.1, 0.15) is 27.5 Å². The molecule has 2 aromatic heterocycles. The summed E-state index contributed by atoms with van der Waals surface area (Å²) < 4.78 is 0. The molecule has 5 heterocycles. The predicted molar refractivity (Wildman–Crippen MR) is 88.4 cm³/mol. The van der Waals surface area contributed by atoms with E-state index in [1.54, 1.807) is 11.3 Å². The lowest BCUT2D eigenvalue weighted by Crippen LogP contribution is -2.57. The van der Waals surface area contributed by atoms with Crippen LogP contribution in [0.2, 0.25) is 0 Å². The highest BCUT2D eigenvalue weighted by Crippen LogP contribution is 2.31. The summed E-state index contributed by atoms with van der Waals surface area (Å²) in [6, 6.07) is 4.17. The summed E-state index contributed by atoms with van der Waals surface area (Å²) in [7, 11) is 0. The molecule has 0 spiro atoms. The number of carbonyl (C=O) groups is 1. The van der Waals surface area contributed by atoms with Gasteiger partial charge in [0.05, 0.1) is 9.75 Å². The maximum atomic E-state index is 12.5. The second-order valence-electron chi connectivity index (χ2n) is 6.01. The largest absolute Gasteiger partial charge is 0.347 e. The molecule has 5 nitrogen and oxygen atoms in total. The smallest absolute Gasteiger partial charge is 0.261 e. The van der Waals surface area contributed by atoms with Gasteiger partial charge in [-0.3, -0.25) is 4.79 Å². The second-order valence-corrected chi connectivity index (χ2v) is 8.27. The summed E-state index contributed by atoms with van der Waals surface area (Å²) in [6.45, 7) is 5.33. The molecule has 0 radical (unpaired) electrons. The van der Waals surface area contributed by atoms with Crippen molar-refractivity contribution in [3.63, 3.8) is 0 Å². The number of piperidine rings is 3. The molecular formula is C15H18N4OS2. The third-order valence-corrected chi connectivity index (χ3v) is 6.63. The average Bonchev–Trinajstić information content (AvgIpc) is 3.17. The summed E-state index contributed by atoms with van der Waals surface area (Å²) >= 11 is 3.06. The molecule has 1 amide bonds. The van der Waals surface area contributed by atoms with E-state index in [1.807, 2.05) is 19.1 Å². The lowest BCUT2D eigenvalue weighted by atomic mass is 9.84. The van der Waals surface area contributed by atoms with Crippen molar-refractivity contribution in [1.29, 1.82) is 0 Å². The molecule has 2 bridgehead atoms. The summed E-state index contributed by atoms with van der Waals surface area (Å²) in [5.74, 6) is 0.704. The van der Waals surface area contributed by atoms with Gasteiger partial charge in [0.2, 0.25) is 0 Å². The van der Waals surface area contributed by atoms with Crippen LogP contribution in [0.15, 0.2) is 12.1 Å². The van der Waals surface area contributed by atoms with E-state index in [9.17, 15) is 4.79 Å². The molecule has 0 aromatic carbocycles. The maximum Gasteiger partial charge on any atom is 0.261 e. The van der Waals surface area contributed by atoms with Crippen molar-refractivity contribution < 1.29 is 4.79 Å². The van der Waals surface area contributed by atoms with Crippen LogP contribution >= 0.6 is 22.7 Å². The second kappa shape index (κ2) is 5.72. The number of thiophene rings is 1. The van der Waals surface area contributed by atoms with Crippen LogP contribution in [0, 0.1) is 12.8 Å². The Morgan fingerprint density at radius 1 is 1.27 bits per heavy atom. The fraction of sp³-hybridized carbons (Fsp3) is 0.533. The number of fused-ring (bicyclic) bond motifs is 3. The first-order valence-corrected chi connectivity index (χ1v) is 9.26. The summed E-state index contributed by atoms with van der Waals surface area (Å²) in [5.41, 5.74) is 0. The van der Waals surface area contributed by atoms with E-state index in [4.69, 9.17) is 0 Å². The first-order chi connectivity index (χ1) is 10.7. The minimum atomic E-state index is 0.0521. The SMILES string of the molecule is Cc1nnc(-c2ccc(C(=O)N[C@H]3CN4CCC3CC4)s2)s1. The van der Waals surface area contributed by atoms with E-state index in [-0.39, 0.29) is 5.91 Å². The maximum absolute atomic E-state index is 12.5. The Morgan fingerprint density at radius 3 is 2.73 bits per heavy atom. The van der Waals surface area contributed by atoms with Crippen molar-refractivity contribution in [1.82, 2.24) is 20.4 Å². The first-order valence-electron chi connectivity index (χ1n) is 7.62. The van der Waals surface area contributed by atoms with Gasteiger partial charge >= 0.3 is 0 Å². The van der Waals surface area contributed by atoms with Gasteiger partial charge in [0, 0.05) is 12.6 Å². The number of aromatic nitrogens is 2. The molecule has 1 atom stereocenters. The minimum Gasteiger partial charge on any atom is -0.347 e. The zero-order chi connectivity index (χ0) is 15.1. The highest BCUT2D eigenvalue weighted by Gasteiger charge is 2.35. The summed E-state index contributed by atoms with van der Waals surface area (Å²) in [4.78, 5) is 16.7. The van der Waals surface area contributed by atoms with Gasteiger partial charge in [-0.15, -0.1) is 21.5 Å². The van der Waals surface area contributed by atoms with Gasteiger partial charge < -0.3 is 10.2 Å². The number of nitrogens with one attached hydrogen (secondary N) is 1. The van der Waals surface area contributed by atoms with Gasteiger partial charge in [-0.05, 0) is 50.9 Å². The van der Waals surface area contributed by atoms with Gasteiger partial charge in [0.1, 0.15) is 5.01 Å². The Balaban J connectivity index is 1.46. The summed E-state index contributed by atoms with van der Waals surface area (Å²) in [5, 5.41) is 13.3. The van der Waals surface area contributed by atoms with Gasteiger partial charge in [0.15, 0.2) is 5.01 Å². The molecule has 3 saturated heterocycles. The molecule has 0 unspecified atom stereocenters. The van der Waals surface area contributed by atoms with Crippen molar-refractivity contribution in [2.24, 2.45) is 5.92 Å². The van der Waals surface area contributed by atoms with E-state index in [0.717, 1.165) is 26.3 Å². The monoisotopic (exact) mass is 334 g/mol. The van der Waals surface area contributed by atoms with Crippen LogP contribution in [-0.4, -0.2) is 46.7 Å². The van der Waals surface area contributed by atoms with Crippen molar-refractivity contribution in [3.8, 4) is 9.88 Å². The number of amides is 1. The van der Waals surface area contributed by atoms with Crippen molar-refractivity contribution in [2.75, 3.05) is 19.6 Å². The van der Waals surface area contributed by atoms with E-state index in [1.165, 1.54) is 37.3 Å². The lowest BCUT2D eigenvalue weighted by Gasteiger charge is -2.44. The fourth-order valence-electron chi connectivity index (χ4n) is 3.34. The van der Waals surface area contributed by atoms with E-state index in [0.29, 0.717) is 12.0 Å². The van der Waals surface area contributed by atoms with Gasteiger partial charge in [-0.25, -0.2) is 0 Å². The van der Waals surface area contributed by atoms with E-state index in [2.05, 4.69) is 20.4 Å². The Bertz CT molecular complexity index is 687. The molecule has 3 aliphatic heterocycles. The van der Waals surface area contributed by atoms with Crippen molar-refractivity contribution >= 4 is 28.6 Å². The zero-order valence-electron chi connectivity index (χ0n) is 12.4. The highest BCUT2D eigenvalue weighted by atomic mass is 32.1. The normalized spacial score (nSPS) is 27.0. The number of hydrogen-bond donors (Lipinski definition) is 1. The molecule has 22 heavy (non-hydrogen) atoms. The van der Waals surface area contributed by atoms with Gasteiger partial charge in [-0.1, -0.05) is 11.3 Å². The third kappa shape index (κ3) is 2.68. The standard InChI is InChI=1S/C15H18N4OS2/c1-9-17-18-15(21-9)13-3-2-12(22-13)14(20)16-11-8-19-6-4-10(11)5-7-19/h2-3,10-11H,4-8H2,1H3,(H,16,20)/t11-/m0/s1. The van der Waals surface area contributed by atoms with Gasteiger partial charge in [0.25, 0.3) is 5.91 Å². The van der Waals surface area contributed by atoms with E-state index >= 15 is 0 Å². The van der Waals surface area contributed by atoms with Crippen LogP contribution < -0.4 is 5.32 Å². The Kier molecular flexibility index (Phi) is 3.71. The molecule has 7 heteroatoms. The first kappa shape index (κ1) is 14.3. The average molecular weight is 334 g/mol. The van der Waals surface area contributed by atoms with Crippen molar-refractivity contribution in [2.45, 2.75) is 25.8 Å². The van der Waals surface area contributed by atoms with E-state index < -0.39 is 0 Å². The number of carbonyl (C=O) groups excluding carboxylic acids is 1. The van der Waals surface area contributed by atoms with Crippen molar-refractivity contribution in [3.05, 3.63) is 22.0 Å². The van der Waals surface area contributed by atoms with Gasteiger partial charge in [-0.2, -0.15) is 0 Å². The Labute approximate surface area is 137 Å². The molecule has 0 aliphatic carbocycles.